The molecular formula is C12H14N2S. The fraction of sp³-hybridized carbons (Fsp3) is 0.250. The molecule has 0 bridgehead atoms. The molecule has 78 valence electrons. The molecule has 2 rings (SSSR count). The van der Waals surface area contributed by atoms with E-state index < -0.39 is 0 Å². The van der Waals surface area contributed by atoms with Gasteiger partial charge in [-0.15, -0.1) is 11.3 Å². The molecular weight excluding hydrogens is 204 g/mol. The van der Waals surface area contributed by atoms with Crippen LogP contribution in [0.2, 0.25) is 0 Å². The minimum Gasteiger partial charge on any atom is -0.380 e. The summed E-state index contributed by atoms with van der Waals surface area (Å²) in [6, 6.07) is 6.33. The molecule has 0 aliphatic heterocycles. The van der Waals surface area contributed by atoms with Gasteiger partial charge in [0.2, 0.25) is 0 Å². The predicted octanol–water partition coefficient (Wildman–Crippen LogP) is 3.37. The quantitative estimate of drug-likeness (QED) is 0.854. The molecule has 0 aliphatic rings. The van der Waals surface area contributed by atoms with E-state index in [0.717, 1.165) is 12.2 Å². The van der Waals surface area contributed by atoms with Gasteiger partial charge in [0.05, 0.1) is 0 Å². The second kappa shape index (κ2) is 4.45. The fourth-order valence-electron chi connectivity index (χ4n) is 1.43. The topological polar surface area (TPSA) is 24.9 Å². The lowest BCUT2D eigenvalue weighted by Gasteiger charge is -2.06. The first kappa shape index (κ1) is 10.2. The van der Waals surface area contributed by atoms with Gasteiger partial charge in [0.1, 0.15) is 0 Å². The lowest BCUT2D eigenvalue weighted by Crippen LogP contribution is -1.99. The van der Waals surface area contributed by atoms with E-state index >= 15 is 0 Å². The molecule has 0 aromatic carbocycles. The van der Waals surface area contributed by atoms with E-state index in [1.807, 2.05) is 29.8 Å². The van der Waals surface area contributed by atoms with E-state index in [0.29, 0.717) is 0 Å². The molecule has 0 fully saturated rings. The van der Waals surface area contributed by atoms with Gasteiger partial charge in [0.15, 0.2) is 0 Å². The first-order valence-corrected chi connectivity index (χ1v) is 5.77. The zero-order chi connectivity index (χ0) is 10.7. The maximum Gasteiger partial charge on any atom is 0.0494 e. The third kappa shape index (κ3) is 2.57. The van der Waals surface area contributed by atoms with Gasteiger partial charge in [0.25, 0.3) is 0 Å². The Labute approximate surface area is 94.0 Å². The zero-order valence-electron chi connectivity index (χ0n) is 8.95. The standard InChI is InChI=1S/C12H14N2S/c1-9-7-13-6-5-12(9)14-8-11-4-3-10(2)15-11/h3-7H,8H2,1-2H3,(H,13,14). The van der Waals surface area contributed by atoms with Crippen LogP contribution in [-0.4, -0.2) is 4.98 Å². The number of pyridine rings is 1. The van der Waals surface area contributed by atoms with Crippen molar-refractivity contribution in [3.8, 4) is 0 Å². The highest BCUT2D eigenvalue weighted by molar-refractivity contribution is 7.11. The lowest BCUT2D eigenvalue weighted by molar-refractivity contribution is 1.16. The minimum absolute atomic E-state index is 0.892. The molecule has 0 atom stereocenters. The van der Waals surface area contributed by atoms with Crippen molar-refractivity contribution >= 4 is 17.0 Å². The van der Waals surface area contributed by atoms with Crippen molar-refractivity contribution in [3.63, 3.8) is 0 Å². The van der Waals surface area contributed by atoms with E-state index in [1.165, 1.54) is 15.3 Å². The number of aryl methyl sites for hydroxylation is 2. The van der Waals surface area contributed by atoms with Crippen molar-refractivity contribution in [3.05, 3.63) is 45.9 Å². The molecule has 3 heteroatoms. The Balaban J connectivity index is 2.02. The largest absolute Gasteiger partial charge is 0.380 e. The summed E-state index contributed by atoms with van der Waals surface area (Å²) < 4.78 is 0. The van der Waals surface area contributed by atoms with Crippen molar-refractivity contribution in [2.75, 3.05) is 5.32 Å². The third-order valence-electron chi connectivity index (χ3n) is 2.27. The maximum absolute atomic E-state index is 4.07. The first-order chi connectivity index (χ1) is 7.25. The SMILES string of the molecule is Cc1ccc(CNc2ccncc2C)s1. The van der Waals surface area contributed by atoms with Gasteiger partial charge in [-0.2, -0.15) is 0 Å². The van der Waals surface area contributed by atoms with Gasteiger partial charge >= 0.3 is 0 Å². The summed E-state index contributed by atoms with van der Waals surface area (Å²) in [7, 11) is 0. The summed E-state index contributed by atoms with van der Waals surface area (Å²) in [4.78, 5) is 6.79. The molecule has 0 saturated carbocycles. The van der Waals surface area contributed by atoms with Crippen LogP contribution in [-0.2, 0) is 6.54 Å². The predicted molar refractivity (Wildman–Crippen MR) is 65.4 cm³/mol. The number of rotatable bonds is 3. The van der Waals surface area contributed by atoms with E-state index in [2.05, 4.69) is 36.3 Å². The molecule has 15 heavy (non-hydrogen) atoms. The van der Waals surface area contributed by atoms with E-state index in [4.69, 9.17) is 0 Å². The Bertz CT molecular complexity index is 448. The number of hydrogen-bond donors (Lipinski definition) is 1. The minimum atomic E-state index is 0.892. The number of anilines is 1. The monoisotopic (exact) mass is 218 g/mol. The molecule has 2 aromatic heterocycles. The van der Waals surface area contributed by atoms with Crippen LogP contribution in [0.1, 0.15) is 15.3 Å². The van der Waals surface area contributed by atoms with Crippen molar-refractivity contribution in [1.29, 1.82) is 0 Å². The van der Waals surface area contributed by atoms with Gasteiger partial charge in [-0.3, -0.25) is 4.98 Å². The molecule has 2 aromatic rings. The highest BCUT2D eigenvalue weighted by atomic mass is 32.1. The molecule has 0 unspecified atom stereocenters. The number of hydrogen-bond acceptors (Lipinski definition) is 3. The summed E-state index contributed by atoms with van der Waals surface area (Å²) in [5.74, 6) is 0. The van der Waals surface area contributed by atoms with E-state index in [9.17, 15) is 0 Å². The third-order valence-corrected chi connectivity index (χ3v) is 3.27. The average molecular weight is 218 g/mol. The number of nitrogens with one attached hydrogen (secondary N) is 1. The Morgan fingerprint density at radius 1 is 1.27 bits per heavy atom. The molecule has 0 spiro atoms. The van der Waals surface area contributed by atoms with Crippen LogP contribution in [0, 0.1) is 13.8 Å². The second-order valence-electron chi connectivity index (χ2n) is 3.56. The van der Waals surface area contributed by atoms with Crippen LogP contribution in [0.25, 0.3) is 0 Å². The highest BCUT2D eigenvalue weighted by Gasteiger charge is 1.99. The lowest BCUT2D eigenvalue weighted by atomic mass is 10.2. The summed E-state index contributed by atoms with van der Waals surface area (Å²) in [6.45, 7) is 5.09. The summed E-state index contributed by atoms with van der Waals surface area (Å²) in [5.41, 5.74) is 2.35. The summed E-state index contributed by atoms with van der Waals surface area (Å²) in [6.07, 6.45) is 3.69. The van der Waals surface area contributed by atoms with Crippen molar-refractivity contribution < 1.29 is 0 Å². The Morgan fingerprint density at radius 3 is 2.80 bits per heavy atom. The van der Waals surface area contributed by atoms with Gasteiger partial charge in [0, 0.05) is 34.4 Å². The van der Waals surface area contributed by atoms with Crippen LogP contribution >= 0.6 is 11.3 Å². The molecule has 0 radical (unpaired) electrons. The molecule has 0 saturated heterocycles. The molecule has 2 heterocycles. The van der Waals surface area contributed by atoms with E-state index in [-0.39, 0.29) is 0 Å². The Hall–Kier alpha value is -1.35. The van der Waals surface area contributed by atoms with Crippen LogP contribution in [0.3, 0.4) is 0 Å². The smallest absolute Gasteiger partial charge is 0.0494 e. The van der Waals surface area contributed by atoms with Crippen LogP contribution < -0.4 is 5.32 Å². The van der Waals surface area contributed by atoms with Crippen LogP contribution in [0.15, 0.2) is 30.6 Å². The molecule has 0 amide bonds. The molecule has 1 N–H and O–H groups in total. The number of nitrogens with zero attached hydrogens (tertiary/aromatic N) is 1. The van der Waals surface area contributed by atoms with Crippen molar-refractivity contribution in [2.24, 2.45) is 0 Å². The number of aromatic nitrogens is 1. The first-order valence-electron chi connectivity index (χ1n) is 4.95. The van der Waals surface area contributed by atoms with Gasteiger partial charge < -0.3 is 5.32 Å². The second-order valence-corrected chi connectivity index (χ2v) is 4.93. The van der Waals surface area contributed by atoms with Crippen LogP contribution in [0.4, 0.5) is 5.69 Å². The van der Waals surface area contributed by atoms with Gasteiger partial charge in [-0.1, -0.05) is 0 Å². The fourth-order valence-corrected chi connectivity index (χ4v) is 2.26. The normalized spacial score (nSPS) is 10.3. The van der Waals surface area contributed by atoms with E-state index in [1.54, 1.807) is 0 Å². The van der Waals surface area contributed by atoms with Crippen molar-refractivity contribution in [1.82, 2.24) is 4.98 Å². The molecule has 2 nitrogen and oxygen atoms in total. The highest BCUT2D eigenvalue weighted by Crippen LogP contribution is 2.18. The summed E-state index contributed by atoms with van der Waals surface area (Å²) in [5, 5.41) is 3.41. The summed E-state index contributed by atoms with van der Waals surface area (Å²) >= 11 is 1.83. The van der Waals surface area contributed by atoms with Crippen LogP contribution in [0.5, 0.6) is 0 Å². The van der Waals surface area contributed by atoms with Crippen molar-refractivity contribution in [2.45, 2.75) is 20.4 Å². The molecule has 0 aliphatic carbocycles. The number of thiophene rings is 1. The van der Waals surface area contributed by atoms with Gasteiger partial charge in [-0.25, -0.2) is 0 Å². The Morgan fingerprint density at radius 2 is 2.13 bits per heavy atom. The zero-order valence-corrected chi connectivity index (χ0v) is 9.77. The maximum atomic E-state index is 4.07. The Kier molecular flexibility index (Phi) is 3.02. The van der Waals surface area contributed by atoms with Gasteiger partial charge in [-0.05, 0) is 37.6 Å². The average Bonchev–Trinajstić information content (AvgIpc) is 2.63.